The summed E-state index contributed by atoms with van der Waals surface area (Å²) in [4.78, 5) is 23.2. The number of allylic oxidation sites excluding steroid dienone is 3. The molecule has 0 spiro atoms. The fourth-order valence-corrected chi connectivity index (χ4v) is 8.13. The lowest BCUT2D eigenvalue weighted by Crippen LogP contribution is -2.45. The predicted molar refractivity (Wildman–Crippen MR) is 254 cm³/mol. The van der Waals surface area contributed by atoms with Gasteiger partial charge in [-0.05, 0) is 44.9 Å². The molecule has 0 aliphatic carbocycles. The molecule has 0 rings (SSSR count). The molecule has 0 radical (unpaired) electrons. The highest BCUT2D eigenvalue weighted by Crippen LogP contribution is 2.43. The van der Waals surface area contributed by atoms with Gasteiger partial charge >= 0.3 is 7.82 Å². The number of carbonyl (C=O) groups is 1. The molecule has 1 amide bonds. The van der Waals surface area contributed by atoms with Crippen molar-refractivity contribution in [2.24, 2.45) is 0 Å². The number of phosphoric acid groups is 1. The van der Waals surface area contributed by atoms with Gasteiger partial charge in [0, 0.05) is 6.42 Å². The number of hydrogen-bond donors (Lipinski definition) is 3. The number of rotatable bonds is 46. The Labute approximate surface area is 366 Å². The Morgan fingerprint density at radius 3 is 1.31 bits per heavy atom. The largest absolute Gasteiger partial charge is 0.472 e. The maximum atomic E-state index is 12.9. The summed E-state index contributed by atoms with van der Waals surface area (Å²) in [6, 6.07) is -0.844. The summed E-state index contributed by atoms with van der Waals surface area (Å²) in [6.07, 6.45) is 51.0. The lowest BCUT2D eigenvalue weighted by Gasteiger charge is -2.25. The van der Waals surface area contributed by atoms with E-state index in [1.807, 2.05) is 27.2 Å². The summed E-state index contributed by atoms with van der Waals surface area (Å²) in [7, 11) is 1.58. The molecule has 0 bridgehead atoms. The Bertz CT molecular complexity index is 1020. The molecule has 59 heavy (non-hydrogen) atoms. The molecular weight excluding hydrogens is 756 g/mol. The molecule has 0 aromatic heterocycles. The Hall–Kier alpha value is -1.02. The first kappa shape index (κ1) is 58.0. The summed E-state index contributed by atoms with van der Waals surface area (Å²) < 4.78 is 23.6. The van der Waals surface area contributed by atoms with Crippen molar-refractivity contribution >= 4 is 13.7 Å². The Balaban J connectivity index is 4.29. The van der Waals surface area contributed by atoms with Gasteiger partial charge in [0.05, 0.1) is 39.9 Å². The SMILES string of the molecule is CCCCCCCC/C=C/CCCCCCCCCCCCCC(=O)N[C@@H](COP(=O)(O)OCC[N+](C)(C)C)[C@H](O)/C=C/CCCCCCCCCCCCCCCC. The number of quaternary nitrogens is 1. The second kappa shape index (κ2) is 42.3. The number of phosphoric ester groups is 1. The number of hydrogen-bond acceptors (Lipinski definition) is 5. The second-order valence-corrected chi connectivity index (χ2v) is 20.0. The molecule has 0 aromatic carbocycles. The molecule has 0 aliphatic heterocycles. The number of aliphatic hydroxyl groups is 1. The lowest BCUT2D eigenvalue weighted by molar-refractivity contribution is -0.870. The van der Waals surface area contributed by atoms with E-state index in [-0.39, 0.29) is 19.1 Å². The molecule has 3 atom stereocenters. The highest BCUT2D eigenvalue weighted by molar-refractivity contribution is 7.47. The molecular formula is C50H100N2O6P+. The smallest absolute Gasteiger partial charge is 0.387 e. The van der Waals surface area contributed by atoms with Crippen molar-refractivity contribution in [2.75, 3.05) is 40.9 Å². The normalized spacial score (nSPS) is 14.4. The van der Waals surface area contributed by atoms with Crippen molar-refractivity contribution in [2.45, 2.75) is 251 Å². The van der Waals surface area contributed by atoms with Gasteiger partial charge in [-0.15, -0.1) is 0 Å². The van der Waals surface area contributed by atoms with E-state index in [1.165, 1.54) is 180 Å². The maximum Gasteiger partial charge on any atom is 0.472 e. The number of nitrogens with one attached hydrogen (secondary N) is 1. The van der Waals surface area contributed by atoms with Crippen LogP contribution in [0.1, 0.15) is 239 Å². The molecule has 8 nitrogen and oxygen atoms in total. The van der Waals surface area contributed by atoms with Gasteiger partial charge < -0.3 is 19.8 Å². The monoisotopic (exact) mass is 856 g/mol. The quantitative estimate of drug-likeness (QED) is 0.0244. The van der Waals surface area contributed by atoms with Crippen LogP contribution in [0.3, 0.4) is 0 Å². The van der Waals surface area contributed by atoms with Crippen molar-refractivity contribution in [3.05, 3.63) is 24.3 Å². The molecule has 0 aromatic rings. The Kier molecular flexibility index (Phi) is 41.6. The third-order valence-corrected chi connectivity index (χ3v) is 12.4. The van der Waals surface area contributed by atoms with E-state index in [0.717, 1.165) is 38.5 Å². The summed E-state index contributed by atoms with van der Waals surface area (Å²) in [6.45, 7) is 4.83. The lowest BCUT2D eigenvalue weighted by atomic mass is 10.0. The highest BCUT2D eigenvalue weighted by Gasteiger charge is 2.27. The first-order chi connectivity index (χ1) is 28.5. The summed E-state index contributed by atoms with van der Waals surface area (Å²) in [5.74, 6) is -0.176. The Morgan fingerprint density at radius 1 is 0.559 bits per heavy atom. The summed E-state index contributed by atoms with van der Waals surface area (Å²) in [5.41, 5.74) is 0. The zero-order valence-corrected chi connectivity index (χ0v) is 40.7. The number of nitrogens with zero attached hydrogens (tertiary/aromatic N) is 1. The second-order valence-electron chi connectivity index (χ2n) is 18.5. The van der Waals surface area contributed by atoms with Crippen LogP contribution in [0.5, 0.6) is 0 Å². The Morgan fingerprint density at radius 2 is 0.915 bits per heavy atom. The van der Waals surface area contributed by atoms with Crippen LogP contribution >= 0.6 is 7.82 Å². The van der Waals surface area contributed by atoms with E-state index in [9.17, 15) is 19.4 Å². The van der Waals surface area contributed by atoms with E-state index in [1.54, 1.807) is 6.08 Å². The summed E-state index contributed by atoms with van der Waals surface area (Å²) in [5, 5.41) is 13.9. The van der Waals surface area contributed by atoms with Crippen molar-refractivity contribution in [1.82, 2.24) is 5.32 Å². The minimum atomic E-state index is -4.34. The van der Waals surface area contributed by atoms with Gasteiger partial charge in [0.2, 0.25) is 5.91 Å². The zero-order chi connectivity index (χ0) is 43.6. The van der Waals surface area contributed by atoms with Gasteiger partial charge in [-0.2, -0.15) is 0 Å². The van der Waals surface area contributed by atoms with Crippen molar-refractivity contribution in [1.29, 1.82) is 0 Å². The fraction of sp³-hybridized carbons (Fsp3) is 0.900. The standard InChI is InChI=1S/C50H99N2O6P/c1-6-8-10-12-14-16-18-20-22-24-25-26-27-28-30-32-34-36-38-40-42-44-50(54)51-48(47-58-59(55,56)57-46-45-52(3,4)5)49(53)43-41-39-37-35-33-31-29-23-21-19-17-15-13-11-9-7-2/h20,22,41,43,48-49,53H,6-19,21,23-40,42,44-47H2,1-5H3,(H-,51,54,55,56)/p+1/b22-20+,43-41+/t48-,49+/m0/s1. The highest BCUT2D eigenvalue weighted by atomic mass is 31.2. The van der Waals surface area contributed by atoms with E-state index in [0.29, 0.717) is 17.4 Å². The minimum absolute atomic E-state index is 0.0629. The average molecular weight is 856 g/mol. The van der Waals surface area contributed by atoms with Crippen LogP contribution in [0.15, 0.2) is 24.3 Å². The predicted octanol–water partition coefficient (Wildman–Crippen LogP) is 14.5. The van der Waals surface area contributed by atoms with Crippen LogP contribution in [0.2, 0.25) is 0 Å². The maximum absolute atomic E-state index is 12.9. The molecule has 0 fully saturated rings. The van der Waals surface area contributed by atoms with E-state index >= 15 is 0 Å². The van der Waals surface area contributed by atoms with Crippen LogP contribution in [0, 0.1) is 0 Å². The van der Waals surface area contributed by atoms with Crippen molar-refractivity contribution < 1.29 is 32.9 Å². The number of unbranched alkanes of at least 4 members (excludes halogenated alkanes) is 31. The molecule has 0 saturated heterocycles. The number of likely N-dealkylation sites (N-methyl/N-ethyl adjacent to an activating group) is 1. The molecule has 0 aliphatic rings. The summed E-state index contributed by atoms with van der Waals surface area (Å²) >= 11 is 0. The first-order valence-corrected chi connectivity index (χ1v) is 26.7. The van der Waals surface area contributed by atoms with Gasteiger partial charge in [-0.25, -0.2) is 4.57 Å². The zero-order valence-electron chi connectivity index (χ0n) is 39.8. The number of amides is 1. The van der Waals surface area contributed by atoms with Gasteiger partial charge in [0.1, 0.15) is 13.2 Å². The van der Waals surface area contributed by atoms with E-state index in [2.05, 4.69) is 31.3 Å². The third kappa shape index (κ3) is 44.8. The van der Waals surface area contributed by atoms with Gasteiger partial charge in [0.25, 0.3) is 0 Å². The van der Waals surface area contributed by atoms with Crippen molar-refractivity contribution in [3.8, 4) is 0 Å². The van der Waals surface area contributed by atoms with Gasteiger partial charge in [-0.1, -0.05) is 212 Å². The third-order valence-electron chi connectivity index (χ3n) is 11.4. The minimum Gasteiger partial charge on any atom is -0.387 e. The molecule has 9 heteroatoms. The molecule has 3 N–H and O–H groups in total. The van der Waals surface area contributed by atoms with Crippen molar-refractivity contribution in [3.63, 3.8) is 0 Å². The molecule has 1 unspecified atom stereocenters. The molecule has 0 heterocycles. The van der Waals surface area contributed by atoms with Crippen LogP contribution in [-0.2, 0) is 18.4 Å². The van der Waals surface area contributed by atoms with Gasteiger partial charge in [0.15, 0.2) is 0 Å². The fourth-order valence-electron chi connectivity index (χ4n) is 7.39. The van der Waals surface area contributed by atoms with E-state index in [4.69, 9.17) is 9.05 Å². The van der Waals surface area contributed by atoms with Crippen LogP contribution < -0.4 is 5.32 Å². The van der Waals surface area contributed by atoms with Crippen LogP contribution in [0.25, 0.3) is 0 Å². The van der Waals surface area contributed by atoms with Crippen LogP contribution in [0.4, 0.5) is 0 Å². The number of aliphatic hydroxyl groups excluding tert-OH is 1. The van der Waals surface area contributed by atoms with E-state index < -0.39 is 20.0 Å². The first-order valence-electron chi connectivity index (χ1n) is 25.2. The molecule has 0 saturated carbocycles. The van der Waals surface area contributed by atoms with Crippen LogP contribution in [-0.4, -0.2) is 73.4 Å². The number of carbonyl (C=O) groups excluding carboxylic acids is 1. The van der Waals surface area contributed by atoms with Gasteiger partial charge in [-0.3, -0.25) is 13.8 Å². The molecule has 350 valence electrons. The average Bonchev–Trinajstić information content (AvgIpc) is 3.19. The topological polar surface area (TPSA) is 105 Å².